The molecule has 0 saturated heterocycles. The zero-order valence-corrected chi connectivity index (χ0v) is 12.0. The summed E-state index contributed by atoms with van der Waals surface area (Å²) in [5.74, 6) is -0.430. The Bertz CT molecular complexity index is 596. The van der Waals surface area contributed by atoms with Crippen molar-refractivity contribution in [1.29, 1.82) is 0 Å². The van der Waals surface area contributed by atoms with E-state index < -0.39 is 11.4 Å². The van der Waals surface area contributed by atoms with Crippen LogP contribution in [0.2, 0.25) is 10.0 Å². The molecule has 100 valence electrons. The van der Waals surface area contributed by atoms with Crippen molar-refractivity contribution in [2.75, 3.05) is 0 Å². The van der Waals surface area contributed by atoms with Crippen LogP contribution in [0.1, 0.15) is 18.1 Å². The number of nitrogens with two attached hydrogens (primary N) is 1. The van der Waals surface area contributed by atoms with Crippen LogP contribution < -0.4 is 5.73 Å². The Labute approximate surface area is 122 Å². The average Bonchev–Trinajstić information content (AvgIpc) is 2.35. The summed E-state index contributed by atoms with van der Waals surface area (Å²) in [5, 5.41) is 0.751. The van der Waals surface area contributed by atoms with Crippen molar-refractivity contribution in [3.05, 3.63) is 69.5 Å². The Hall–Kier alpha value is -1.09. The molecule has 2 rings (SSSR count). The van der Waals surface area contributed by atoms with E-state index in [4.69, 9.17) is 28.9 Å². The van der Waals surface area contributed by atoms with Crippen molar-refractivity contribution in [1.82, 2.24) is 0 Å². The molecular formula is C15H14Cl2FN. The standard InChI is InChI=1S/C15H14Cl2FN/c1-15(19,11-5-3-6-12(16)8-11)9-10-4-2-7-13(18)14(10)17/h2-8H,9,19H2,1H3. The molecule has 0 aromatic heterocycles. The summed E-state index contributed by atoms with van der Waals surface area (Å²) in [5.41, 5.74) is 7.23. The Balaban J connectivity index is 2.33. The van der Waals surface area contributed by atoms with Gasteiger partial charge in [-0.3, -0.25) is 0 Å². The molecule has 0 amide bonds. The number of hydrogen-bond donors (Lipinski definition) is 1. The van der Waals surface area contributed by atoms with Crippen molar-refractivity contribution in [3.8, 4) is 0 Å². The van der Waals surface area contributed by atoms with E-state index in [-0.39, 0.29) is 5.02 Å². The zero-order valence-electron chi connectivity index (χ0n) is 10.5. The smallest absolute Gasteiger partial charge is 0.142 e. The third-order valence-corrected chi connectivity index (χ3v) is 3.73. The summed E-state index contributed by atoms with van der Waals surface area (Å²) < 4.78 is 13.4. The van der Waals surface area contributed by atoms with E-state index in [0.717, 1.165) is 5.56 Å². The summed E-state index contributed by atoms with van der Waals surface area (Å²) in [6.07, 6.45) is 0.434. The summed E-state index contributed by atoms with van der Waals surface area (Å²) in [7, 11) is 0. The highest BCUT2D eigenvalue weighted by atomic mass is 35.5. The fourth-order valence-electron chi connectivity index (χ4n) is 2.03. The summed E-state index contributed by atoms with van der Waals surface area (Å²) in [6.45, 7) is 1.87. The summed E-state index contributed by atoms with van der Waals surface area (Å²) >= 11 is 11.9. The highest BCUT2D eigenvalue weighted by molar-refractivity contribution is 6.31. The van der Waals surface area contributed by atoms with Gasteiger partial charge in [0.2, 0.25) is 0 Å². The van der Waals surface area contributed by atoms with Crippen LogP contribution in [0, 0.1) is 5.82 Å². The molecule has 0 aliphatic carbocycles. The molecule has 2 aromatic rings. The van der Waals surface area contributed by atoms with E-state index in [9.17, 15) is 4.39 Å². The molecule has 0 heterocycles. The van der Waals surface area contributed by atoms with E-state index in [2.05, 4.69) is 0 Å². The minimum absolute atomic E-state index is 0.126. The first kappa shape index (κ1) is 14.3. The van der Waals surface area contributed by atoms with Gasteiger partial charge in [-0.1, -0.05) is 47.5 Å². The van der Waals surface area contributed by atoms with Crippen molar-refractivity contribution < 1.29 is 4.39 Å². The van der Waals surface area contributed by atoms with E-state index in [1.807, 2.05) is 25.1 Å². The summed E-state index contributed by atoms with van der Waals surface area (Å²) in [6, 6.07) is 12.1. The minimum atomic E-state index is -0.664. The highest BCUT2D eigenvalue weighted by Crippen LogP contribution is 2.29. The zero-order chi connectivity index (χ0) is 14.0. The monoisotopic (exact) mass is 297 g/mol. The fraction of sp³-hybridized carbons (Fsp3) is 0.200. The van der Waals surface area contributed by atoms with E-state index in [1.165, 1.54) is 6.07 Å². The van der Waals surface area contributed by atoms with Crippen molar-refractivity contribution in [3.63, 3.8) is 0 Å². The molecule has 4 heteroatoms. The Kier molecular flexibility index (Phi) is 4.14. The highest BCUT2D eigenvalue weighted by Gasteiger charge is 2.23. The predicted molar refractivity (Wildman–Crippen MR) is 78.1 cm³/mol. The molecule has 0 bridgehead atoms. The topological polar surface area (TPSA) is 26.0 Å². The maximum Gasteiger partial charge on any atom is 0.142 e. The molecule has 0 fully saturated rings. The third kappa shape index (κ3) is 3.27. The van der Waals surface area contributed by atoms with Gasteiger partial charge in [0.15, 0.2) is 0 Å². The Morgan fingerprint density at radius 1 is 1.16 bits per heavy atom. The summed E-state index contributed by atoms with van der Waals surface area (Å²) in [4.78, 5) is 0. The number of rotatable bonds is 3. The van der Waals surface area contributed by atoms with E-state index in [0.29, 0.717) is 17.0 Å². The van der Waals surface area contributed by atoms with Gasteiger partial charge in [0, 0.05) is 10.6 Å². The Morgan fingerprint density at radius 3 is 2.53 bits per heavy atom. The van der Waals surface area contributed by atoms with E-state index in [1.54, 1.807) is 18.2 Å². The normalized spacial score (nSPS) is 14.2. The molecule has 1 unspecified atom stereocenters. The SMILES string of the molecule is CC(N)(Cc1cccc(F)c1Cl)c1cccc(Cl)c1. The molecular weight excluding hydrogens is 284 g/mol. The second kappa shape index (κ2) is 5.49. The van der Waals surface area contributed by atoms with Crippen molar-refractivity contribution >= 4 is 23.2 Å². The second-order valence-corrected chi connectivity index (χ2v) is 5.63. The first-order valence-corrected chi connectivity index (χ1v) is 6.63. The Morgan fingerprint density at radius 2 is 1.84 bits per heavy atom. The molecule has 2 aromatic carbocycles. The predicted octanol–water partition coefficient (Wildman–Crippen LogP) is 4.55. The van der Waals surface area contributed by atoms with Crippen LogP contribution in [0.25, 0.3) is 0 Å². The number of halogens is 3. The van der Waals surface area contributed by atoms with Gasteiger partial charge in [0.05, 0.1) is 5.02 Å². The van der Waals surface area contributed by atoms with Gasteiger partial charge < -0.3 is 5.73 Å². The lowest BCUT2D eigenvalue weighted by atomic mass is 9.86. The van der Waals surface area contributed by atoms with E-state index >= 15 is 0 Å². The molecule has 0 radical (unpaired) electrons. The van der Waals surface area contributed by atoms with Crippen LogP contribution in [0.4, 0.5) is 4.39 Å². The van der Waals surface area contributed by atoms with Crippen molar-refractivity contribution in [2.45, 2.75) is 18.9 Å². The molecule has 0 saturated carbocycles. The van der Waals surface area contributed by atoms with Gasteiger partial charge in [-0.15, -0.1) is 0 Å². The molecule has 1 atom stereocenters. The minimum Gasteiger partial charge on any atom is -0.321 e. The molecule has 2 N–H and O–H groups in total. The van der Waals surface area contributed by atoms with Crippen molar-refractivity contribution in [2.24, 2.45) is 5.73 Å². The number of hydrogen-bond acceptors (Lipinski definition) is 1. The number of benzene rings is 2. The first-order valence-electron chi connectivity index (χ1n) is 5.88. The first-order chi connectivity index (χ1) is 8.90. The van der Waals surface area contributed by atoms with Crippen LogP contribution in [0.15, 0.2) is 42.5 Å². The molecule has 19 heavy (non-hydrogen) atoms. The molecule has 0 aliphatic rings. The van der Waals surface area contributed by atoms with Gasteiger partial charge in [0.25, 0.3) is 0 Å². The van der Waals surface area contributed by atoms with Crippen LogP contribution in [-0.2, 0) is 12.0 Å². The van der Waals surface area contributed by atoms with Gasteiger partial charge in [0.1, 0.15) is 5.82 Å². The van der Waals surface area contributed by atoms with Crippen LogP contribution in [0.3, 0.4) is 0 Å². The molecule has 0 aliphatic heterocycles. The second-order valence-electron chi connectivity index (χ2n) is 4.82. The quantitative estimate of drug-likeness (QED) is 0.884. The maximum absolute atomic E-state index is 13.4. The van der Waals surface area contributed by atoms with Crippen LogP contribution >= 0.6 is 23.2 Å². The lowest BCUT2D eigenvalue weighted by Gasteiger charge is -2.26. The molecule has 1 nitrogen and oxygen atoms in total. The van der Waals surface area contributed by atoms with Gasteiger partial charge in [-0.25, -0.2) is 4.39 Å². The largest absolute Gasteiger partial charge is 0.321 e. The molecule has 0 spiro atoms. The van der Waals surface area contributed by atoms with Gasteiger partial charge >= 0.3 is 0 Å². The van der Waals surface area contributed by atoms with Gasteiger partial charge in [-0.2, -0.15) is 0 Å². The van der Waals surface area contributed by atoms with Crippen LogP contribution in [0.5, 0.6) is 0 Å². The lowest BCUT2D eigenvalue weighted by Crippen LogP contribution is -2.35. The average molecular weight is 298 g/mol. The maximum atomic E-state index is 13.4. The fourth-order valence-corrected chi connectivity index (χ4v) is 2.41. The van der Waals surface area contributed by atoms with Gasteiger partial charge in [-0.05, 0) is 42.7 Å². The third-order valence-electron chi connectivity index (χ3n) is 3.07. The van der Waals surface area contributed by atoms with Crippen LogP contribution in [-0.4, -0.2) is 0 Å². The lowest BCUT2D eigenvalue weighted by molar-refractivity contribution is 0.489.